The van der Waals surface area contributed by atoms with E-state index in [0.717, 1.165) is 4.90 Å². The Morgan fingerprint density at radius 2 is 1.85 bits per heavy atom. The molecule has 11 heteroatoms. The summed E-state index contributed by atoms with van der Waals surface area (Å²) in [7, 11) is 1.38. The normalized spacial score (nSPS) is 44.0. The molecule has 11 nitrogen and oxygen atoms in total. The predicted molar refractivity (Wildman–Crippen MR) is 96.0 cm³/mol. The third-order valence-electron chi connectivity index (χ3n) is 5.50. The molecular formula is C16H33N5O6. The molecule has 10 atom stereocenters. The van der Waals surface area contributed by atoms with Crippen LogP contribution in [-0.4, -0.2) is 101 Å². The van der Waals surface area contributed by atoms with Crippen molar-refractivity contribution in [1.29, 1.82) is 0 Å². The third kappa shape index (κ3) is 4.58. The van der Waals surface area contributed by atoms with Gasteiger partial charge in [0, 0.05) is 13.1 Å². The first kappa shape index (κ1) is 22.4. The molecule has 0 bridgehead atoms. The van der Waals surface area contributed by atoms with Gasteiger partial charge in [-0.1, -0.05) is 0 Å². The second-order valence-electron chi connectivity index (χ2n) is 7.49. The van der Waals surface area contributed by atoms with Crippen molar-refractivity contribution in [2.75, 3.05) is 13.6 Å². The first-order valence-electron chi connectivity index (χ1n) is 9.17. The number of likely N-dealkylation sites (N-methyl/N-ethyl adjacent to an activating group) is 1. The van der Waals surface area contributed by atoms with Gasteiger partial charge in [-0.25, -0.2) is 0 Å². The number of aliphatic hydroxyl groups is 3. The number of ether oxygens (including phenoxy) is 2. The Balaban J connectivity index is 2.19. The molecule has 0 radical (unpaired) electrons. The highest BCUT2D eigenvalue weighted by atomic mass is 16.7. The Kier molecular flexibility index (Phi) is 7.53. The SMILES string of the molecule is C[C@H](N)[C@H]1CC[C@@H](N)[C@@H](O[C@@H]2[C@@H](N)[C@H](O)[C@H](O)[C@@H](N(C)C(=O)CN)[C@H]2O)O1. The van der Waals surface area contributed by atoms with Crippen molar-refractivity contribution in [1.82, 2.24) is 4.90 Å². The highest BCUT2D eigenvalue weighted by Gasteiger charge is 2.52. The van der Waals surface area contributed by atoms with Gasteiger partial charge in [-0.2, -0.15) is 0 Å². The molecule has 27 heavy (non-hydrogen) atoms. The summed E-state index contributed by atoms with van der Waals surface area (Å²) in [6.07, 6.45) is -5.27. The summed E-state index contributed by atoms with van der Waals surface area (Å²) in [6.45, 7) is 1.50. The van der Waals surface area contributed by atoms with E-state index in [2.05, 4.69) is 0 Å². The molecular weight excluding hydrogens is 358 g/mol. The van der Waals surface area contributed by atoms with Gasteiger partial charge in [-0.3, -0.25) is 4.79 Å². The number of hydrogen-bond acceptors (Lipinski definition) is 10. The van der Waals surface area contributed by atoms with Crippen LogP contribution >= 0.6 is 0 Å². The van der Waals surface area contributed by atoms with Crippen molar-refractivity contribution in [2.24, 2.45) is 22.9 Å². The molecule has 158 valence electrons. The second-order valence-corrected chi connectivity index (χ2v) is 7.49. The van der Waals surface area contributed by atoms with Crippen LogP contribution in [-0.2, 0) is 14.3 Å². The largest absolute Gasteiger partial charge is 0.389 e. The molecule has 2 aliphatic rings. The molecule has 1 amide bonds. The summed E-state index contributed by atoms with van der Waals surface area (Å²) >= 11 is 0. The number of hydrogen-bond donors (Lipinski definition) is 7. The highest BCUT2D eigenvalue weighted by molar-refractivity contribution is 5.78. The Morgan fingerprint density at radius 1 is 1.22 bits per heavy atom. The summed E-state index contributed by atoms with van der Waals surface area (Å²) in [5.74, 6) is -0.512. The first-order chi connectivity index (χ1) is 12.6. The van der Waals surface area contributed by atoms with Crippen molar-refractivity contribution >= 4 is 5.91 Å². The lowest BCUT2D eigenvalue weighted by Crippen LogP contribution is -2.72. The fraction of sp³-hybridized carbons (Fsp3) is 0.938. The number of nitrogens with zero attached hydrogens (tertiary/aromatic N) is 1. The Morgan fingerprint density at radius 3 is 2.41 bits per heavy atom. The van der Waals surface area contributed by atoms with Gasteiger partial charge >= 0.3 is 0 Å². The number of aliphatic hydroxyl groups excluding tert-OH is 3. The third-order valence-corrected chi connectivity index (χ3v) is 5.50. The molecule has 1 aliphatic heterocycles. The minimum atomic E-state index is -1.46. The van der Waals surface area contributed by atoms with Crippen LogP contribution in [0.2, 0.25) is 0 Å². The van der Waals surface area contributed by atoms with Gasteiger partial charge in [0.15, 0.2) is 6.29 Å². The van der Waals surface area contributed by atoms with Crippen LogP contribution in [0, 0.1) is 0 Å². The standard InChI is InChI=1S/C16H33N5O6/c1-6(18)8-4-3-7(19)16(26-8)27-15-10(20)12(23)13(24)11(14(15)25)21(2)9(22)5-17/h6-8,10-16,23-25H,3-5,17-20H2,1-2H3/t6-,7+,8+,10-,11+,12-,13+,14+,15+,16+/m0/s1. The molecule has 0 spiro atoms. The van der Waals surface area contributed by atoms with Gasteiger partial charge in [-0.15, -0.1) is 0 Å². The number of amides is 1. The zero-order chi connectivity index (χ0) is 20.5. The van der Waals surface area contributed by atoms with E-state index in [4.69, 9.17) is 32.4 Å². The fourth-order valence-corrected chi connectivity index (χ4v) is 3.70. The van der Waals surface area contributed by atoms with Gasteiger partial charge in [0.25, 0.3) is 0 Å². The van der Waals surface area contributed by atoms with E-state index in [-0.39, 0.29) is 18.7 Å². The van der Waals surface area contributed by atoms with Gasteiger partial charge in [-0.05, 0) is 19.8 Å². The maximum Gasteiger partial charge on any atom is 0.236 e. The van der Waals surface area contributed by atoms with Crippen LogP contribution in [0.1, 0.15) is 19.8 Å². The zero-order valence-corrected chi connectivity index (χ0v) is 15.7. The van der Waals surface area contributed by atoms with Crippen molar-refractivity contribution in [2.45, 2.75) is 80.7 Å². The van der Waals surface area contributed by atoms with Crippen LogP contribution in [0.25, 0.3) is 0 Å². The fourth-order valence-electron chi connectivity index (χ4n) is 3.70. The monoisotopic (exact) mass is 391 g/mol. The summed E-state index contributed by atoms with van der Waals surface area (Å²) in [4.78, 5) is 13.0. The van der Waals surface area contributed by atoms with Crippen LogP contribution in [0.5, 0.6) is 0 Å². The second kappa shape index (κ2) is 9.07. The minimum absolute atomic E-state index is 0.234. The average molecular weight is 391 g/mol. The predicted octanol–water partition coefficient (Wildman–Crippen LogP) is -4.24. The van der Waals surface area contributed by atoms with Crippen molar-refractivity contribution < 1.29 is 29.6 Å². The van der Waals surface area contributed by atoms with Gasteiger partial charge in [0.1, 0.15) is 18.3 Å². The number of nitrogens with two attached hydrogens (primary N) is 4. The first-order valence-corrected chi connectivity index (χ1v) is 9.17. The Bertz CT molecular complexity index is 512. The molecule has 1 aliphatic carbocycles. The lowest BCUT2D eigenvalue weighted by molar-refractivity contribution is -0.266. The molecule has 1 saturated carbocycles. The quantitative estimate of drug-likeness (QED) is 0.240. The lowest BCUT2D eigenvalue weighted by atomic mass is 9.81. The topological polar surface area (TPSA) is 204 Å². The summed E-state index contributed by atoms with van der Waals surface area (Å²) in [5.41, 5.74) is 23.3. The summed E-state index contributed by atoms with van der Waals surface area (Å²) in [6, 6.07) is -2.96. The Hall–Kier alpha value is -0.890. The number of carbonyl (C=O) groups is 1. The highest BCUT2D eigenvalue weighted by Crippen LogP contribution is 2.29. The maximum absolute atomic E-state index is 11.9. The van der Waals surface area contributed by atoms with E-state index in [9.17, 15) is 20.1 Å². The lowest BCUT2D eigenvalue weighted by Gasteiger charge is -2.49. The molecule has 2 rings (SSSR count). The summed E-state index contributed by atoms with van der Waals surface area (Å²) in [5, 5.41) is 31.4. The van der Waals surface area contributed by atoms with E-state index in [0.29, 0.717) is 12.8 Å². The van der Waals surface area contributed by atoms with Crippen LogP contribution in [0.15, 0.2) is 0 Å². The molecule has 2 fully saturated rings. The van der Waals surface area contributed by atoms with Crippen molar-refractivity contribution in [3.8, 4) is 0 Å². The maximum atomic E-state index is 11.9. The summed E-state index contributed by atoms with van der Waals surface area (Å²) < 4.78 is 11.6. The molecule has 0 unspecified atom stereocenters. The van der Waals surface area contributed by atoms with E-state index < -0.39 is 54.7 Å². The smallest absolute Gasteiger partial charge is 0.236 e. The number of carbonyl (C=O) groups excluding carboxylic acids is 1. The number of rotatable bonds is 5. The average Bonchev–Trinajstić information content (AvgIpc) is 2.63. The van der Waals surface area contributed by atoms with Gasteiger partial charge in [0.2, 0.25) is 5.91 Å². The van der Waals surface area contributed by atoms with Crippen LogP contribution in [0.4, 0.5) is 0 Å². The minimum Gasteiger partial charge on any atom is -0.389 e. The molecule has 0 aromatic carbocycles. The van der Waals surface area contributed by atoms with Crippen molar-refractivity contribution in [3.05, 3.63) is 0 Å². The zero-order valence-electron chi connectivity index (χ0n) is 15.7. The van der Waals surface area contributed by atoms with Crippen LogP contribution < -0.4 is 22.9 Å². The van der Waals surface area contributed by atoms with Gasteiger partial charge < -0.3 is 52.6 Å². The molecule has 1 heterocycles. The molecule has 1 saturated heterocycles. The van der Waals surface area contributed by atoms with E-state index in [1.54, 1.807) is 0 Å². The molecule has 0 aromatic heterocycles. The van der Waals surface area contributed by atoms with E-state index in [1.807, 2.05) is 6.92 Å². The van der Waals surface area contributed by atoms with Gasteiger partial charge in [0.05, 0.1) is 36.9 Å². The Labute approximate surface area is 158 Å². The van der Waals surface area contributed by atoms with E-state index in [1.165, 1.54) is 7.05 Å². The molecule has 0 aromatic rings. The van der Waals surface area contributed by atoms with Crippen LogP contribution in [0.3, 0.4) is 0 Å². The van der Waals surface area contributed by atoms with E-state index >= 15 is 0 Å². The molecule has 11 N–H and O–H groups in total. The van der Waals surface area contributed by atoms with Crippen molar-refractivity contribution in [3.63, 3.8) is 0 Å².